The Hall–Kier alpha value is -0.897. The van der Waals surface area contributed by atoms with Crippen LogP contribution in [-0.2, 0) is 26.2 Å². The van der Waals surface area contributed by atoms with Crippen LogP contribution in [0, 0.1) is 0 Å². The summed E-state index contributed by atoms with van der Waals surface area (Å²) in [6, 6.07) is 1.09. The Labute approximate surface area is 86.1 Å². The number of carbonyl (C=O) groups is 2. The van der Waals surface area contributed by atoms with Crippen molar-refractivity contribution in [2.24, 2.45) is 0 Å². The summed E-state index contributed by atoms with van der Waals surface area (Å²) >= 11 is 0. The minimum atomic E-state index is -1.38. The van der Waals surface area contributed by atoms with Gasteiger partial charge in [-0.1, -0.05) is 0 Å². The van der Waals surface area contributed by atoms with Crippen LogP contribution in [0.2, 0.25) is 0 Å². The first-order valence-corrected chi connectivity index (χ1v) is 2.67. The topological polar surface area (TPSA) is 87.7 Å². The van der Waals surface area contributed by atoms with E-state index in [1.54, 1.807) is 0 Å². The van der Waals surface area contributed by atoms with Crippen molar-refractivity contribution in [2.45, 2.75) is 0 Å². The third-order valence-corrected chi connectivity index (χ3v) is 1.09. The van der Waals surface area contributed by atoms with Gasteiger partial charge < -0.3 is 14.6 Å². The molecule has 0 aliphatic rings. The third-order valence-electron chi connectivity index (χ3n) is 1.09. The molecular weight excluding hydrogens is 243 g/mol. The molecule has 0 atom stereocenters. The smallest absolute Gasteiger partial charge is 0.372 e. The van der Waals surface area contributed by atoms with Gasteiger partial charge in [-0.05, 0) is 6.07 Å². The molecule has 0 fully saturated rings. The molecule has 5 nitrogen and oxygen atoms in total. The summed E-state index contributed by atoms with van der Waals surface area (Å²) in [6.07, 6.45) is 1.02. The van der Waals surface area contributed by atoms with E-state index >= 15 is 0 Å². The second-order valence-corrected chi connectivity index (χ2v) is 1.77. The summed E-state index contributed by atoms with van der Waals surface area (Å²) in [6.45, 7) is 0. The fourth-order valence-corrected chi connectivity index (χ4v) is 0.643. The van der Waals surface area contributed by atoms with Gasteiger partial charge in [-0.25, -0.2) is 9.59 Å². The van der Waals surface area contributed by atoms with E-state index in [2.05, 4.69) is 4.42 Å². The quantitative estimate of drug-likeness (QED) is 0.802. The normalized spacial score (nSPS) is 8.67. The van der Waals surface area contributed by atoms with Crippen molar-refractivity contribution in [3.63, 3.8) is 0 Å². The van der Waals surface area contributed by atoms with Crippen molar-refractivity contribution in [3.05, 3.63) is 23.7 Å². The molecule has 0 saturated carbocycles. The zero-order valence-electron chi connectivity index (χ0n) is 5.77. The van der Waals surface area contributed by atoms with Crippen LogP contribution in [-0.4, -0.2) is 22.2 Å². The van der Waals surface area contributed by atoms with Crippen molar-refractivity contribution in [1.82, 2.24) is 0 Å². The van der Waals surface area contributed by atoms with Crippen LogP contribution in [0.25, 0.3) is 0 Å². The number of carboxylic acid groups (broad SMARTS) is 2. The van der Waals surface area contributed by atoms with Crippen LogP contribution in [0.15, 0.2) is 16.7 Å². The average Bonchev–Trinajstić information content (AvgIpc) is 2.32. The number of hydrogen-bond acceptors (Lipinski definition) is 3. The van der Waals surface area contributed by atoms with E-state index in [9.17, 15) is 9.59 Å². The Morgan fingerprint density at radius 1 is 1.25 bits per heavy atom. The molecule has 62 valence electrons. The SMILES string of the molecule is O=C(O)c1ccoc1C(=O)O.[Zr]. The van der Waals surface area contributed by atoms with Gasteiger partial charge in [-0.2, -0.15) is 0 Å². The minimum Gasteiger partial charge on any atom is -0.478 e. The van der Waals surface area contributed by atoms with Crippen molar-refractivity contribution < 1.29 is 50.4 Å². The molecule has 1 heterocycles. The van der Waals surface area contributed by atoms with Crippen molar-refractivity contribution in [1.29, 1.82) is 0 Å². The Morgan fingerprint density at radius 3 is 2.17 bits per heavy atom. The summed E-state index contributed by atoms with van der Waals surface area (Å²) in [5, 5.41) is 16.7. The molecule has 2 N–H and O–H groups in total. The van der Waals surface area contributed by atoms with Gasteiger partial charge in [0.25, 0.3) is 0 Å². The average molecular weight is 247 g/mol. The Bertz CT molecular complexity index is 274. The molecule has 0 radical (unpaired) electrons. The van der Waals surface area contributed by atoms with E-state index in [0.717, 1.165) is 12.3 Å². The molecule has 0 spiro atoms. The fraction of sp³-hybridized carbons (Fsp3) is 0. The van der Waals surface area contributed by atoms with Crippen molar-refractivity contribution in [3.8, 4) is 0 Å². The monoisotopic (exact) mass is 246 g/mol. The molecule has 1 aromatic heterocycles. The van der Waals surface area contributed by atoms with Crippen LogP contribution >= 0.6 is 0 Å². The molecule has 1 rings (SSSR count). The molecule has 0 saturated heterocycles. The first kappa shape index (κ1) is 11.1. The molecule has 1 aromatic rings. The first-order valence-electron chi connectivity index (χ1n) is 2.67. The first-order chi connectivity index (χ1) is 5.13. The number of aromatic carboxylic acids is 2. The van der Waals surface area contributed by atoms with Crippen molar-refractivity contribution in [2.75, 3.05) is 0 Å². The van der Waals surface area contributed by atoms with Crippen LogP contribution in [0.1, 0.15) is 20.9 Å². The van der Waals surface area contributed by atoms with E-state index in [4.69, 9.17) is 10.2 Å². The Kier molecular flexibility index (Phi) is 3.89. The van der Waals surface area contributed by atoms with Gasteiger partial charge in [-0.15, -0.1) is 0 Å². The second-order valence-electron chi connectivity index (χ2n) is 1.77. The summed E-state index contributed by atoms with van der Waals surface area (Å²) in [4.78, 5) is 20.5. The van der Waals surface area contributed by atoms with Gasteiger partial charge in [0.15, 0.2) is 0 Å². The molecule has 0 unspecified atom stereocenters. The van der Waals surface area contributed by atoms with Gasteiger partial charge in [-0.3, -0.25) is 0 Å². The molecule has 6 heteroatoms. The summed E-state index contributed by atoms with van der Waals surface area (Å²) in [7, 11) is 0. The predicted molar refractivity (Wildman–Crippen MR) is 32.6 cm³/mol. The maximum atomic E-state index is 10.3. The maximum Gasteiger partial charge on any atom is 0.372 e. The number of hydrogen-bond donors (Lipinski definition) is 2. The minimum absolute atomic E-state index is 0. The number of carboxylic acids is 2. The summed E-state index contributed by atoms with van der Waals surface area (Å²) in [5.41, 5.74) is -0.336. The summed E-state index contributed by atoms with van der Waals surface area (Å²) < 4.78 is 4.41. The molecule has 0 aromatic carbocycles. The third kappa shape index (κ3) is 2.04. The van der Waals surface area contributed by atoms with Gasteiger partial charge in [0.1, 0.15) is 5.56 Å². The van der Waals surface area contributed by atoms with E-state index in [0.29, 0.717) is 0 Å². The van der Waals surface area contributed by atoms with E-state index < -0.39 is 17.7 Å². The molecule has 0 aliphatic heterocycles. The predicted octanol–water partition coefficient (Wildman–Crippen LogP) is 0.673. The van der Waals surface area contributed by atoms with E-state index in [-0.39, 0.29) is 31.8 Å². The van der Waals surface area contributed by atoms with Gasteiger partial charge in [0.05, 0.1) is 6.26 Å². The Balaban J connectivity index is 0.00000121. The molecule has 12 heavy (non-hydrogen) atoms. The van der Waals surface area contributed by atoms with Crippen LogP contribution in [0.4, 0.5) is 0 Å². The Morgan fingerprint density at radius 2 is 1.83 bits per heavy atom. The maximum absolute atomic E-state index is 10.3. The molecular formula is C6H4O5Zr. The van der Waals surface area contributed by atoms with Gasteiger partial charge in [0, 0.05) is 26.2 Å². The van der Waals surface area contributed by atoms with E-state index in [1.807, 2.05) is 0 Å². The molecule has 0 aliphatic carbocycles. The molecule has 0 bridgehead atoms. The number of rotatable bonds is 2. The second kappa shape index (κ2) is 4.21. The van der Waals surface area contributed by atoms with Crippen LogP contribution < -0.4 is 0 Å². The van der Waals surface area contributed by atoms with Gasteiger partial charge in [0.2, 0.25) is 5.76 Å². The zero-order chi connectivity index (χ0) is 8.43. The van der Waals surface area contributed by atoms with Crippen molar-refractivity contribution >= 4 is 11.9 Å². The van der Waals surface area contributed by atoms with Gasteiger partial charge >= 0.3 is 11.9 Å². The standard InChI is InChI=1S/C6H4O5.Zr/c7-5(8)3-1-2-11-4(3)6(9)10;/h1-2H,(H,7,8)(H,9,10);. The van der Waals surface area contributed by atoms with Crippen LogP contribution in [0.5, 0.6) is 0 Å². The molecule has 0 amide bonds. The van der Waals surface area contributed by atoms with Crippen LogP contribution in [0.3, 0.4) is 0 Å². The largest absolute Gasteiger partial charge is 0.478 e. The fourth-order valence-electron chi connectivity index (χ4n) is 0.643. The zero-order valence-corrected chi connectivity index (χ0v) is 8.23. The number of furan rings is 1. The van der Waals surface area contributed by atoms with E-state index in [1.165, 1.54) is 0 Å². The summed E-state index contributed by atoms with van der Waals surface area (Å²) in [5.74, 6) is -3.24.